The van der Waals surface area contributed by atoms with E-state index in [4.69, 9.17) is 18.9 Å². The van der Waals surface area contributed by atoms with Crippen LogP contribution in [0, 0.1) is 0 Å². The minimum absolute atomic E-state index is 0.0891. The van der Waals surface area contributed by atoms with Gasteiger partial charge in [-0.2, -0.15) is 0 Å². The number of benzene rings is 3. The predicted octanol–water partition coefficient (Wildman–Crippen LogP) is 4.16. The Morgan fingerprint density at radius 3 is 2.45 bits per heavy atom. The molecule has 198 valence electrons. The van der Waals surface area contributed by atoms with Crippen LogP contribution in [0.5, 0.6) is 11.5 Å². The minimum atomic E-state index is -1.09. The highest BCUT2D eigenvalue weighted by molar-refractivity contribution is 5.88. The number of aliphatic carboxylic acids is 1. The van der Waals surface area contributed by atoms with Gasteiger partial charge in [-0.05, 0) is 29.2 Å². The van der Waals surface area contributed by atoms with Crippen LogP contribution < -0.4 is 9.47 Å². The lowest BCUT2D eigenvalue weighted by Gasteiger charge is -2.37. The molecule has 3 aromatic carbocycles. The SMILES string of the molecule is COc1ccc2c(c1OCc1ccccc1)C[C@@H](C(=O)O)N(C(=O)[C@@H](O[C@@H]1CCOC1)c1ccccc1)C2. The zero-order valence-corrected chi connectivity index (χ0v) is 21.2. The molecule has 0 bridgehead atoms. The number of fused-ring (bicyclic) bond motifs is 1. The highest BCUT2D eigenvalue weighted by Crippen LogP contribution is 2.40. The Labute approximate surface area is 221 Å². The van der Waals surface area contributed by atoms with Crippen molar-refractivity contribution in [3.05, 3.63) is 95.1 Å². The number of methoxy groups -OCH3 is 1. The molecule has 3 atom stereocenters. The molecule has 0 saturated carbocycles. The topological polar surface area (TPSA) is 94.5 Å². The third-order valence-corrected chi connectivity index (χ3v) is 6.99. The van der Waals surface area contributed by atoms with Gasteiger partial charge in [0.1, 0.15) is 12.6 Å². The average molecular weight is 518 g/mol. The summed E-state index contributed by atoms with van der Waals surface area (Å²) in [6, 6.07) is 21.5. The Hall–Kier alpha value is -3.88. The number of carboxylic acid groups (broad SMARTS) is 1. The quantitative estimate of drug-likeness (QED) is 0.456. The van der Waals surface area contributed by atoms with Crippen LogP contribution in [0.1, 0.15) is 34.8 Å². The molecule has 5 rings (SSSR count). The van der Waals surface area contributed by atoms with E-state index in [0.29, 0.717) is 43.3 Å². The van der Waals surface area contributed by atoms with Crippen LogP contribution in [0.2, 0.25) is 0 Å². The maximum atomic E-state index is 14.0. The lowest BCUT2D eigenvalue weighted by molar-refractivity contribution is -0.160. The summed E-state index contributed by atoms with van der Waals surface area (Å²) in [4.78, 5) is 27.9. The predicted molar refractivity (Wildman–Crippen MR) is 139 cm³/mol. The molecule has 0 unspecified atom stereocenters. The number of amides is 1. The number of carbonyl (C=O) groups excluding carboxylic acids is 1. The Balaban J connectivity index is 1.46. The summed E-state index contributed by atoms with van der Waals surface area (Å²) >= 11 is 0. The molecule has 3 aromatic rings. The van der Waals surface area contributed by atoms with Crippen LogP contribution in [0.3, 0.4) is 0 Å². The minimum Gasteiger partial charge on any atom is -0.493 e. The fraction of sp³-hybridized carbons (Fsp3) is 0.333. The lowest BCUT2D eigenvalue weighted by Crippen LogP contribution is -2.51. The van der Waals surface area contributed by atoms with E-state index in [0.717, 1.165) is 16.7 Å². The van der Waals surface area contributed by atoms with E-state index in [1.54, 1.807) is 13.2 Å². The molecule has 1 amide bonds. The van der Waals surface area contributed by atoms with Gasteiger partial charge in [0.15, 0.2) is 17.6 Å². The Morgan fingerprint density at radius 2 is 1.79 bits per heavy atom. The largest absolute Gasteiger partial charge is 0.493 e. The number of rotatable bonds is 9. The van der Waals surface area contributed by atoms with Crippen molar-refractivity contribution >= 4 is 11.9 Å². The van der Waals surface area contributed by atoms with E-state index in [1.807, 2.05) is 66.7 Å². The molecule has 8 heteroatoms. The highest BCUT2D eigenvalue weighted by Gasteiger charge is 2.41. The van der Waals surface area contributed by atoms with Crippen molar-refractivity contribution in [1.82, 2.24) is 4.90 Å². The molecule has 0 aliphatic carbocycles. The van der Waals surface area contributed by atoms with Gasteiger partial charge in [0.25, 0.3) is 5.91 Å². The zero-order chi connectivity index (χ0) is 26.5. The first-order valence-corrected chi connectivity index (χ1v) is 12.7. The molecular weight excluding hydrogens is 486 g/mol. The van der Waals surface area contributed by atoms with Crippen LogP contribution >= 0.6 is 0 Å². The van der Waals surface area contributed by atoms with Gasteiger partial charge in [0.2, 0.25) is 0 Å². The molecule has 0 aromatic heterocycles. The summed E-state index contributed by atoms with van der Waals surface area (Å²) in [5.41, 5.74) is 3.21. The van der Waals surface area contributed by atoms with E-state index >= 15 is 0 Å². The van der Waals surface area contributed by atoms with Gasteiger partial charge in [0.05, 0.1) is 19.8 Å². The molecule has 1 saturated heterocycles. The summed E-state index contributed by atoms with van der Waals surface area (Å²) in [6.07, 6.45) is -0.389. The number of carboxylic acids is 1. The maximum absolute atomic E-state index is 14.0. The first-order chi connectivity index (χ1) is 18.5. The normalized spacial score (nSPS) is 19.4. The van der Waals surface area contributed by atoms with Crippen LogP contribution in [-0.2, 0) is 38.6 Å². The van der Waals surface area contributed by atoms with E-state index in [-0.39, 0.29) is 25.0 Å². The summed E-state index contributed by atoms with van der Waals surface area (Å²) in [5.74, 6) is -0.443. The number of hydrogen-bond acceptors (Lipinski definition) is 6. The van der Waals surface area contributed by atoms with Crippen molar-refractivity contribution in [1.29, 1.82) is 0 Å². The first-order valence-electron chi connectivity index (χ1n) is 12.7. The highest BCUT2D eigenvalue weighted by atomic mass is 16.6. The van der Waals surface area contributed by atoms with Gasteiger partial charge in [-0.3, -0.25) is 4.79 Å². The molecule has 1 N–H and O–H groups in total. The van der Waals surface area contributed by atoms with Crippen LogP contribution in [0.15, 0.2) is 72.8 Å². The second-order valence-electron chi connectivity index (χ2n) is 9.45. The summed E-state index contributed by atoms with van der Waals surface area (Å²) in [7, 11) is 1.55. The lowest BCUT2D eigenvalue weighted by atomic mass is 9.91. The standard InChI is InChI=1S/C30H31NO7/c1-35-26-13-12-22-17-31(29(32)27(21-10-6-3-7-11-21)38-23-14-15-36-19-23)25(30(33)34)16-24(22)28(26)37-18-20-8-4-2-5-9-20/h2-13,23,25,27H,14-19H2,1H3,(H,33,34)/t23-,25+,27+/m1/s1. The van der Waals surface area contributed by atoms with Gasteiger partial charge in [-0.25, -0.2) is 4.79 Å². The van der Waals surface area contributed by atoms with Crippen molar-refractivity contribution in [3.8, 4) is 11.5 Å². The average Bonchev–Trinajstić information content (AvgIpc) is 3.48. The van der Waals surface area contributed by atoms with Crippen molar-refractivity contribution in [2.45, 2.75) is 44.2 Å². The Morgan fingerprint density at radius 1 is 1.05 bits per heavy atom. The smallest absolute Gasteiger partial charge is 0.326 e. The van der Waals surface area contributed by atoms with E-state index in [2.05, 4.69) is 0 Å². The fourth-order valence-electron chi connectivity index (χ4n) is 4.99. The van der Waals surface area contributed by atoms with E-state index in [9.17, 15) is 14.7 Å². The van der Waals surface area contributed by atoms with Crippen molar-refractivity contribution in [2.75, 3.05) is 20.3 Å². The van der Waals surface area contributed by atoms with Gasteiger partial charge in [-0.15, -0.1) is 0 Å². The number of ether oxygens (including phenoxy) is 4. The molecule has 8 nitrogen and oxygen atoms in total. The molecular formula is C30H31NO7. The third kappa shape index (κ3) is 5.51. The number of carbonyl (C=O) groups is 2. The molecule has 2 heterocycles. The van der Waals surface area contributed by atoms with Gasteiger partial charge in [-0.1, -0.05) is 66.7 Å². The van der Waals surface area contributed by atoms with Gasteiger partial charge >= 0.3 is 5.97 Å². The van der Waals surface area contributed by atoms with Crippen LogP contribution in [0.25, 0.3) is 0 Å². The van der Waals surface area contributed by atoms with E-state index in [1.165, 1.54) is 4.90 Å². The second-order valence-corrected chi connectivity index (χ2v) is 9.45. The maximum Gasteiger partial charge on any atom is 0.326 e. The third-order valence-electron chi connectivity index (χ3n) is 6.99. The number of hydrogen-bond donors (Lipinski definition) is 1. The molecule has 2 aliphatic heterocycles. The van der Waals surface area contributed by atoms with Crippen molar-refractivity contribution < 1.29 is 33.6 Å². The summed E-state index contributed by atoms with van der Waals surface area (Å²) in [5, 5.41) is 10.2. The fourth-order valence-corrected chi connectivity index (χ4v) is 4.99. The summed E-state index contributed by atoms with van der Waals surface area (Å²) < 4.78 is 23.4. The summed E-state index contributed by atoms with van der Waals surface area (Å²) in [6.45, 7) is 1.40. The van der Waals surface area contributed by atoms with Crippen LogP contribution in [0.4, 0.5) is 0 Å². The molecule has 0 radical (unpaired) electrons. The van der Waals surface area contributed by atoms with Gasteiger partial charge < -0.3 is 29.0 Å². The molecule has 38 heavy (non-hydrogen) atoms. The van der Waals surface area contributed by atoms with Crippen molar-refractivity contribution in [3.63, 3.8) is 0 Å². The van der Waals surface area contributed by atoms with Crippen LogP contribution in [-0.4, -0.2) is 54.4 Å². The first kappa shape index (κ1) is 25.8. The number of nitrogens with zero attached hydrogens (tertiary/aromatic N) is 1. The molecule has 0 spiro atoms. The van der Waals surface area contributed by atoms with E-state index < -0.39 is 18.1 Å². The van der Waals surface area contributed by atoms with Crippen molar-refractivity contribution in [2.24, 2.45) is 0 Å². The van der Waals surface area contributed by atoms with Gasteiger partial charge in [0, 0.05) is 25.1 Å². The molecule has 1 fully saturated rings. The monoisotopic (exact) mass is 517 g/mol. The Bertz CT molecular complexity index is 1260. The molecule has 2 aliphatic rings. The Kier molecular flexibility index (Phi) is 7.91. The second kappa shape index (κ2) is 11.7. The zero-order valence-electron chi connectivity index (χ0n) is 21.2.